The molecule has 0 saturated carbocycles. The van der Waals surface area contributed by atoms with Gasteiger partial charge in [-0.25, -0.2) is 0 Å². The first-order chi connectivity index (χ1) is 16.0. The lowest BCUT2D eigenvalue weighted by molar-refractivity contribution is -0.110. The quantitative estimate of drug-likeness (QED) is 0.681. The maximum absolute atomic E-state index is 13.1. The van der Waals surface area contributed by atoms with Crippen molar-refractivity contribution < 1.29 is 14.3 Å². The fraction of sp³-hybridized carbons (Fsp3) is 0.308. The standard InChI is InChI=1S/C26H26ClN3O3/c1-29-10-3-11-30(13-12-29)26(32)18-5-2-4-17(14-18)24-9-7-20(33-24)16-22-21-15-19(27)6-8-23(21)28-25(22)31/h2,4-8,14-16,24H,3,9-13H2,1H3,(H,28,31)/b22-16+. The SMILES string of the molecule is CN1CCCN(C(=O)c2cccc(C3CC=C(/C=C4/C(=O)Nc5ccc(Cl)cc54)O3)c2)CC1. The van der Waals surface area contributed by atoms with Crippen molar-refractivity contribution in [3.63, 3.8) is 0 Å². The van der Waals surface area contributed by atoms with Gasteiger partial charge < -0.3 is 19.9 Å². The minimum absolute atomic E-state index is 0.0663. The molecule has 1 fully saturated rings. The summed E-state index contributed by atoms with van der Waals surface area (Å²) in [6.07, 6.45) is 5.21. The molecule has 3 aliphatic rings. The lowest BCUT2D eigenvalue weighted by Crippen LogP contribution is -2.34. The number of likely N-dealkylation sites (N-methyl/N-ethyl adjacent to an activating group) is 1. The number of allylic oxidation sites excluding steroid dienone is 1. The minimum Gasteiger partial charge on any atom is -0.486 e. The van der Waals surface area contributed by atoms with E-state index in [1.165, 1.54) is 0 Å². The molecule has 2 amide bonds. The van der Waals surface area contributed by atoms with Crippen molar-refractivity contribution in [2.45, 2.75) is 18.9 Å². The van der Waals surface area contributed by atoms with Crippen LogP contribution in [0.15, 0.2) is 60.4 Å². The van der Waals surface area contributed by atoms with Gasteiger partial charge in [-0.3, -0.25) is 9.59 Å². The largest absolute Gasteiger partial charge is 0.486 e. The molecule has 0 aliphatic carbocycles. The highest BCUT2D eigenvalue weighted by Crippen LogP contribution is 2.37. The van der Waals surface area contributed by atoms with Crippen LogP contribution in [0, 0.1) is 0 Å². The van der Waals surface area contributed by atoms with E-state index in [-0.39, 0.29) is 17.9 Å². The molecule has 2 aromatic rings. The Kier molecular flexibility index (Phi) is 5.96. The number of carbonyl (C=O) groups excluding carboxylic acids is 2. The molecule has 0 aromatic heterocycles. The molecular weight excluding hydrogens is 438 g/mol. The van der Waals surface area contributed by atoms with Crippen LogP contribution in [0.2, 0.25) is 5.02 Å². The summed E-state index contributed by atoms with van der Waals surface area (Å²) in [5, 5.41) is 3.43. The first-order valence-corrected chi connectivity index (χ1v) is 11.6. The monoisotopic (exact) mass is 463 g/mol. The highest BCUT2D eigenvalue weighted by atomic mass is 35.5. The molecule has 1 N–H and O–H groups in total. The van der Waals surface area contributed by atoms with E-state index in [2.05, 4.69) is 17.3 Å². The van der Waals surface area contributed by atoms with E-state index in [0.717, 1.165) is 49.4 Å². The summed E-state index contributed by atoms with van der Waals surface area (Å²) >= 11 is 6.12. The van der Waals surface area contributed by atoms with Crippen LogP contribution >= 0.6 is 11.6 Å². The highest BCUT2D eigenvalue weighted by Gasteiger charge is 2.27. The highest BCUT2D eigenvalue weighted by molar-refractivity contribution is 6.34. The Morgan fingerprint density at radius 2 is 2.03 bits per heavy atom. The molecule has 2 aromatic carbocycles. The summed E-state index contributed by atoms with van der Waals surface area (Å²) in [4.78, 5) is 29.7. The predicted molar refractivity (Wildman–Crippen MR) is 129 cm³/mol. The maximum Gasteiger partial charge on any atom is 0.256 e. The van der Waals surface area contributed by atoms with Gasteiger partial charge in [0, 0.05) is 47.9 Å². The number of amides is 2. The van der Waals surface area contributed by atoms with E-state index >= 15 is 0 Å². The van der Waals surface area contributed by atoms with E-state index < -0.39 is 0 Å². The molecule has 3 aliphatic heterocycles. The van der Waals surface area contributed by atoms with Crippen LogP contribution in [0.4, 0.5) is 5.69 Å². The van der Waals surface area contributed by atoms with Gasteiger partial charge in [-0.15, -0.1) is 0 Å². The third-order valence-corrected chi connectivity index (χ3v) is 6.61. The molecule has 170 valence electrons. The van der Waals surface area contributed by atoms with Crippen LogP contribution < -0.4 is 5.32 Å². The first kappa shape index (κ1) is 21.7. The van der Waals surface area contributed by atoms with Crippen molar-refractivity contribution in [3.8, 4) is 0 Å². The van der Waals surface area contributed by atoms with Gasteiger partial charge in [-0.05, 0) is 68.1 Å². The van der Waals surface area contributed by atoms with E-state index in [4.69, 9.17) is 16.3 Å². The average molecular weight is 464 g/mol. The van der Waals surface area contributed by atoms with Crippen LogP contribution in [0.5, 0.6) is 0 Å². The Hall–Kier alpha value is -3.09. The predicted octanol–water partition coefficient (Wildman–Crippen LogP) is 4.50. The zero-order chi connectivity index (χ0) is 22.9. The second kappa shape index (κ2) is 9.04. The number of hydrogen-bond donors (Lipinski definition) is 1. The summed E-state index contributed by atoms with van der Waals surface area (Å²) in [5.41, 5.74) is 3.70. The summed E-state index contributed by atoms with van der Waals surface area (Å²) < 4.78 is 6.16. The third kappa shape index (κ3) is 4.54. The van der Waals surface area contributed by atoms with E-state index in [9.17, 15) is 9.59 Å². The molecule has 6 nitrogen and oxygen atoms in total. The lowest BCUT2D eigenvalue weighted by Gasteiger charge is -2.21. The van der Waals surface area contributed by atoms with Crippen LogP contribution in [0.25, 0.3) is 5.57 Å². The number of halogens is 1. The Balaban J connectivity index is 1.30. The van der Waals surface area contributed by atoms with Crippen LogP contribution in [0.3, 0.4) is 0 Å². The topological polar surface area (TPSA) is 61.9 Å². The van der Waals surface area contributed by atoms with Gasteiger partial charge in [0.05, 0.1) is 5.57 Å². The number of carbonyl (C=O) groups is 2. The van der Waals surface area contributed by atoms with Gasteiger partial charge in [-0.2, -0.15) is 0 Å². The summed E-state index contributed by atoms with van der Waals surface area (Å²) in [6, 6.07) is 13.0. The van der Waals surface area contributed by atoms with Gasteiger partial charge in [0.1, 0.15) is 11.9 Å². The second-order valence-electron chi connectivity index (χ2n) is 8.73. The smallest absolute Gasteiger partial charge is 0.256 e. The maximum atomic E-state index is 13.1. The van der Waals surface area contributed by atoms with Gasteiger partial charge in [0.2, 0.25) is 0 Å². The number of nitrogens with one attached hydrogen (secondary N) is 1. The number of anilines is 1. The molecule has 1 atom stereocenters. The van der Waals surface area contributed by atoms with Crippen LogP contribution in [-0.4, -0.2) is 54.8 Å². The van der Waals surface area contributed by atoms with Crippen molar-refractivity contribution in [2.24, 2.45) is 0 Å². The molecule has 3 heterocycles. The third-order valence-electron chi connectivity index (χ3n) is 6.37. The zero-order valence-electron chi connectivity index (χ0n) is 18.5. The Morgan fingerprint density at radius 1 is 1.15 bits per heavy atom. The normalized spacial score (nSPS) is 21.9. The van der Waals surface area contributed by atoms with Crippen molar-refractivity contribution in [1.82, 2.24) is 9.80 Å². The van der Waals surface area contributed by atoms with Gasteiger partial charge in [0.15, 0.2) is 0 Å². The van der Waals surface area contributed by atoms with E-state index in [0.29, 0.717) is 28.3 Å². The molecule has 5 rings (SSSR count). The van der Waals surface area contributed by atoms with Crippen LogP contribution in [0.1, 0.15) is 40.4 Å². The van der Waals surface area contributed by atoms with Gasteiger partial charge in [-0.1, -0.05) is 23.7 Å². The summed E-state index contributed by atoms with van der Waals surface area (Å²) in [5.74, 6) is 0.540. The lowest BCUT2D eigenvalue weighted by atomic mass is 10.0. The fourth-order valence-electron chi connectivity index (χ4n) is 4.53. The second-order valence-corrected chi connectivity index (χ2v) is 9.16. The molecule has 0 bridgehead atoms. The molecule has 0 radical (unpaired) electrons. The number of ether oxygens (including phenoxy) is 1. The molecule has 1 saturated heterocycles. The molecule has 33 heavy (non-hydrogen) atoms. The number of hydrogen-bond acceptors (Lipinski definition) is 4. The van der Waals surface area contributed by atoms with Crippen molar-refractivity contribution in [1.29, 1.82) is 0 Å². The zero-order valence-corrected chi connectivity index (χ0v) is 19.3. The molecule has 7 heteroatoms. The fourth-order valence-corrected chi connectivity index (χ4v) is 4.70. The van der Waals surface area contributed by atoms with Crippen molar-refractivity contribution in [2.75, 3.05) is 38.5 Å². The number of nitrogens with zero attached hydrogens (tertiary/aromatic N) is 2. The van der Waals surface area contributed by atoms with Gasteiger partial charge >= 0.3 is 0 Å². The Morgan fingerprint density at radius 3 is 2.91 bits per heavy atom. The average Bonchev–Trinajstić information content (AvgIpc) is 3.33. The minimum atomic E-state index is -0.192. The van der Waals surface area contributed by atoms with Gasteiger partial charge in [0.25, 0.3) is 11.8 Å². The van der Waals surface area contributed by atoms with Crippen LogP contribution in [-0.2, 0) is 9.53 Å². The Labute approximate surface area is 198 Å². The van der Waals surface area contributed by atoms with Crippen molar-refractivity contribution >= 4 is 34.7 Å². The van der Waals surface area contributed by atoms with Crippen molar-refractivity contribution in [3.05, 3.63) is 82.1 Å². The molecule has 1 unspecified atom stereocenters. The summed E-state index contributed by atoms with van der Waals surface area (Å²) in [7, 11) is 2.09. The molecule has 0 spiro atoms. The summed E-state index contributed by atoms with van der Waals surface area (Å²) in [6.45, 7) is 3.42. The molecular formula is C26H26ClN3O3. The number of benzene rings is 2. The first-order valence-electron chi connectivity index (χ1n) is 11.3. The number of rotatable bonds is 3. The number of fused-ring (bicyclic) bond motifs is 1. The Bertz CT molecular complexity index is 1170. The van der Waals surface area contributed by atoms with E-state index in [1.807, 2.05) is 35.2 Å². The van der Waals surface area contributed by atoms with E-state index in [1.54, 1.807) is 24.3 Å².